The Kier molecular flexibility index (Phi) is 4.07. The Bertz CT molecular complexity index is 732. The SMILES string of the molecule is CN1C(=O)Cc2cc(C(N)c3cc(I)ccc3Br)ccc21. The van der Waals surface area contributed by atoms with Gasteiger partial charge in [0.1, 0.15) is 0 Å². The standard InChI is InChI=1S/C16H14BrIN2O/c1-20-14-5-2-9(6-10(14)7-15(20)21)16(19)12-8-11(18)3-4-13(12)17/h2-6,8,16H,7,19H2,1H3. The molecule has 1 unspecified atom stereocenters. The van der Waals surface area contributed by atoms with Gasteiger partial charge in [0.25, 0.3) is 0 Å². The number of anilines is 1. The molecule has 5 heteroatoms. The molecule has 1 heterocycles. The van der Waals surface area contributed by atoms with E-state index in [1.807, 2.05) is 37.4 Å². The number of hydrogen-bond donors (Lipinski definition) is 1. The van der Waals surface area contributed by atoms with Crippen LogP contribution in [-0.2, 0) is 11.2 Å². The van der Waals surface area contributed by atoms with Gasteiger partial charge in [0.2, 0.25) is 5.91 Å². The van der Waals surface area contributed by atoms with E-state index >= 15 is 0 Å². The van der Waals surface area contributed by atoms with E-state index in [1.165, 1.54) is 0 Å². The van der Waals surface area contributed by atoms with Gasteiger partial charge in [-0.1, -0.05) is 28.1 Å². The second kappa shape index (κ2) is 5.70. The summed E-state index contributed by atoms with van der Waals surface area (Å²) in [6.45, 7) is 0. The third kappa shape index (κ3) is 2.74. The molecule has 108 valence electrons. The van der Waals surface area contributed by atoms with Crippen LogP contribution in [0.15, 0.2) is 40.9 Å². The number of carbonyl (C=O) groups excluding carboxylic acids is 1. The lowest BCUT2D eigenvalue weighted by atomic mass is 9.97. The molecule has 1 aliphatic rings. The summed E-state index contributed by atoms with van der Waals surface area (Å²) in [4.78, 5) is 13.5. The first-order chi connectivity index (χ1) is 9.97. The molecule has 0 saturated heterocycles. The minimum absolute atomic E-state index is 0.131. The van der Waals surface area contributed by atoms with Gasteiger partial charge < -0.3 is 10.6 Å². The molecule has 0 bridgehead atoms. The number of nitrogens with zero attached hydrogens (tertiary/aromatic N) is 1. The van der Waals surface area contributed by atoms with Crippen molar-refractivity contribution in [2.24, 2.45) is 5.73 Å². The molecular weight excluding hydrogens is 443 g/mol. The number of hydrogen-bond acceptors (Lipinski definition) is 2. The first-order valence-electron chi connectivity index (χ1n) is 6.57. The van der Waals surface area contributed by atoms with E-state index < -0.39 is 0 Å². The van der Waals surface area contributed by atoms with Crippen LogP contribution in [0.2, 0.25) is 0 Å². The summed E-state index contributed by atoms with van der Waals surface area (Å²) in [5.74, 6) is 0.131. The second-order valence-corrected chi connectivity index (χ2v) is 7.26. The molecule has 2 aromatic rings. The predicted molar refractivity (Wildman–Crippen MR) is 96.4 cm³/mol. The fourth-order valence-corrected chi connectivity index (χ4v) is 3.62. The highest BCUT2D eigenvalue weighted by atomic mass is 127. The van der Waals surface area contributed by atoms with Crippen LogP contribution in [0.3, 0.4) is 0 Å². The monoisotopic (exact) mass is 456 g/mol. The number of halogens is 2. The van der Waals surface area contributed by atoms with E-state index in [1.54, 1.807) is 4.90 Å². The van der Waals surface area contributed by atoms with Crippen LogP contribution in [0.1, 0.15) is 22.7 Å². The molecule has 1 atom stereocenters. The van der Waals surface area contributed by atoms with Crippen LogP contribution >= 0.6 is 38.5 Å². The maximum absolute atomic E-state index is 11.8. The molecular formula is C16H14BrIN2O. The molecule has 1 amide bonds. The number of nitrogens with two attached hydrogens (primary N) is 1. The lowest BCUT2D eigenvalue weighted by molar-refractivity contribution is -0.117. The zero-order chi connectivity index (χ0) is 15.1. The van der Waals surface area contributed by atoms with Crippen molar-refractivity contribution in [2.45, 2.75) is 12.5 Å². The zero-order valence-corrected chi connectivity index (χ0v) is 15.2. The highest BCUT2D eigenvalue weighted by Gasteiger charge is 2.25. The summed E-state index contributed by atoms with van der Waals surface area (Å²) in [6, 6.07) is 12.0. The molecule has 2 aromatic carbocycles. The van der Waals surface area contributed by atoms with Gasteiger partial charge in [-0.15, -0.1) is 0 Å². The van der Waals surface area contributed by atoms with E-state index in [0.29, 0.717) is 6.42 Å². The Morgan fingerprint density at radius 2 is 2.05 bits per heavy atom. The molecule has 3 nitrogen and oxygen atoms in total. The Morgan fingerprint density at radius 3 is 2.81 bits per heavy atom. The topological polar surface area (TPSA) is 46.3 Å². The molecule has 1 aliphatic heterocycles. The molecule has 0 radical (unpaired) electrons. The van der Waals surface area contributed by atoms with Crippen molar-refractivity contribution in [1.82, 2.24) is 0 Å². The molecule has 0 aliphatic carbocycles. The average molecular weight is 457 g/mol. The van der Waals surface area contributed by atoms with Crippen LogP contribution in [0.5, 0.6) is 0 Å². The summed E-state index contributed by atoms with van der Waals surface area (Å²) in [6.07, 6.45) is 0.458. The molecule has 0 spiro atoms. The van der Waals surface area contributed by atoms with E-state index in [9.17, 15) is 4.79 Å². The fraction of sp³-hybridized carbons (Fsp3) is 0.188. The van der Waals surface area contributed by atoms with E-state index in [0.717, 1.165) is 30.4 Å². The molecule has 0 saturated carbocycles. The van der Waals surface area contributed by atoms with Crippen LogP contribution in [0.25, 0.3) is 0 Å². The van der Waals surface area contributed by atoms with E-state index in [2.05, 4.69) is 44.6 Å². The van der Waals surface area contributed by atoms with Crippen molar-refractivity contribution in [2.75, 3.05) is 11.9 Å². The maximum atomic E-state index is 11.8. The molecule has 2 N–H and O–H groups in total. The van der Waals surface area contributed by atoms with E-state index in [-0.39, 0.29) is 11.9 Å². The van der Waals surface area contributed by atoms with Gasteiger partial charge >= 0.3 is 0 Å². The number of carbonyl (C=O) groups is 1. The lowest BCUT2D eigenvalue weighted by Crippen LogP contribution is -2.20. The van der Waals surface area contributed by atoms with Crippen molar-refractivity contribution in [3.63, 3.8) is 0 Å². The molecule has 0 fully saturated rings. The van der Waals surface area contributed by atoms with Crippen molar-refractivity contribution < 1.29 is 4.79 Å². The van der Waals surface area contributed by atoms with E-state index in [4.69, 9.17) is 5.73 Å². The van der Waals surface area contributed by atoms with Crippen molar-refractivity contribution in [3.8, 4) is 0 Å². The van der Waals surface area contributed by atoms with Crippen molar-refractivity contribution in [3.05, 3.63) is 61.1 Å². The van der Waals surface area contributed by atoms with Gasteiger partial charge in [0.15, 0.2) is 0 Å². The van der Waals surface area contributed by atoms with Gasteiger partial charge in [-0.25, -0.2) is 0 Å². The summed E-state index contributed by atoms with van der Waals surface area (Å²) < 4.78 is 2.15. The highest BCUT2D eigenvalue weighted by molar-refractivity contribution is 14.1. The molecule has 21 heavy (non-hydrogen) atoms. The highest BCUT2D eigenvalue weighted by Crippen LogP contribution is 2.33. The van der Waals surface area contributed by atoms with Crippen molar-refractivity contribution >= 4 is 50.1 Å². The van der Waals surface area contributed by atoms with Gasteiger partial charge in [0.05, 0.1) is 12.5 Å². The number of likely N-dealkylation sites (N-methyl/N-ethyl adjacent to an activating group) is 1. The van der Waals surface area contributed by atoms with Gasteiger partial charge in [0, 0.05) is 20.8 Å². The van der Waals surface area contributed by atoms with Crippen LogP contribution in [0.4, 0.5) is 5.69 Å². The van der Waals surface area contributed by atoms with Crippen LogP contribution < -0.4 is 10.6 Å². The van der Waals surface area contributed by atoms with Crippen LogP contribution in [-0.4, -0.2) is 13.0 Å². The predicted octanol–water partition coefficient (Wildman–Crippen LogP) is 3.62. The Morgan fingerprint density at radius 1 is 1.29 bits per heavy atom. The molecule has 3 rings (SSSR count). The number of amides is 1. The van der Waals surface area contributed by atoms with Gasteiger partial charge in [-0.3, -0.25) is 4.79 Å². The van der Waals surface area contributed by atoms with Crippen LogP contribution in [0, 0.1) is 3.57 Å². The number of benzene rings is 2. The summed E-state index contributed by atoms with van der Waals surface area (Å²) in [5, 5.41) is 0. The lowest BCUT2D eigenvalue weighted by Gasteiger charge is -2.17. The normalized spacial score (nSPS) is 15.2. The Hall–Kier alpha value is -0.920. The first-order valence-corrected chi connectivity index (χ1v) is 8.44. The maximum Gasteiger partial charge on any atom is 0.231 e. The zero-order valence-electron chi connectivity index (χ0n) is 11.4. The third-order valence-electron chi connectivity index (χ3n) is 3.83. The second-order valence-electron chi connectivity index (χ2n) is 5.16. The smallest absolute Gasteiger partial charge is 0.231 e. The Balaban J connectivity index is 2.00. The number of fused-ring (bicyclic) bond motifs is 1. The van der Waals surface area contributed by atoms with Gasteiger partial charge in [-0.2, -0.15) is 0 Å². The third-order valence-corrected chi connectivity index (χ3v) is 5.23. The first kappa shape index (κ1) is 15.0. The number of rotatable bonds is 2. The summed E-state index contributed by atoms with van der Waals surface area (Å²) >= 11 is 5.85. The summed E-state index contributed by atoms with van der Waals surface area (Å²) in [5.41, 5.74) is 10.5. The van der Waals surface area contributed by atoms with Crippen molar-refractivity contribution in [1.29, 1.82) is 0 Å². The fourth-order valence-electron chi connectivity index (χ4n) is 2.62. The minimum atomic E-state index is -0.208. The quantitative estimate of drug-likeness (QED) is 0.701. The molecule has 0 aromatic heterocycles. The summed E-state index contributed by atoms with van der Waals surface area (Å²) in [7, 11) is 1.81. The largest absolute Gasteiger partial charge is 0.320 e. The minimum Gasteiger partial charge on any atom is -0.320 e. The van der Waals surface area contributed by atoms with Gasteiger partial charge in [-0.05, 0) is 63.5 Å². The average Bonchev–Trinajstić information content (AvgIpc) is 2.75. The Labute approximate surface area is 145 Å².